The van der Waals surface area contributed by atoms with Crippen LogP contribution in [0.15, 0.2) is 46.9 Å². The van der Waals surface area contributed by atoms with E-state index >= 15 is 0 Å². The maximum Gasteiger partial charge on any atom is 0.200 e. The van der Waals surface area contributed by atoms with E-state index in [-0.39, 0.29) is 0 Å². The number of nitrogens with one attached hydrogen (secondary N) is 1. The van der Waals surface area contributed by atoms with Crippen molar-refractivity contribution in [1.82, 2.24) is 14.8 Å². The number of aromatic amines is 1. The highest BCUT2D eigenvalue weighted by Gasteiger charge is 2.11. The molecular formula is C16H14BrN3S. The third-order valence-electron chi connectivity index (χ3n) is 3.24. The van der Waals surface area contributed by atoms with Gasteiger partial charge >= 0.3 is 0 Å². The predicted octanol–water partition coefficient (Wildman–Crippen LogP) is 4.98. The lowest BCUT2D eigenvalue weighted by molar-refractivity contribution is 1.03. The van der Waals surface area contributed by atoms with Gasteiger partial charge in [-0.15, -0.1) is 0 Å². The Kier molecular flexibility index (Phi) is 3.78. The first-order valence-electron chi connectivity index (χ1n) is 6.56. The first-order valence-corrected chi connectivity index (χ1v) is 7.77. The summed E-state index contributed by atoms with van der Waals surface area (Å²) in [5.41, 5.74) is 4.46. The molecule has 0 bridgehead atoms. The summed E-state index contributed by atoms with van der Waals surface area (Å²) in [6.07, 6.45) is 0. The Morgan fingerprint density at radius 2 is 1.67 bits per heavy atom. The summed E-state index contributed by atoms with van der Waals surface area (Å²) in [5, 5.41) is 7.27. The van der Waals surface area contributed by atoms with E-state index in [1.807, 2.05) is 28.8 Å². The van der Waals surface area contributed by atoms with Crippen LogP contribution in [0.1, 0.15) is 11.1 Å². The number of aromatic nitrogens is 3. The maximum atomic E-state index is 5.40. The van der Waals surface area contributed by atoms with Crippen LogP contribution < -0.4 is 0 Å². The van der Waals surface area contributed by atoms with Crippen molar-refractivity contribution in [2.24, 2.45) is 0 Å². The van der Waals surface area contributed by atoms with Crippen molar-refractivity contribution in [3.63, 3.8) is 0 Å². The molecule has 0 amide bonds. The van der Waals surface area contributed by atoms with Gasteiger partial charge in [0.15, 0.2) is 10.6 Å². The minimum Gasteiger partial charge on any atom is -0.268 e. The second kappa shape index (κ2) is 5.58. The molecule has 0 aliphatic carbocycles. The minimum absolute atomic E-state index is 0.595. The summed E-state index contributed by atoms with van der Waals surface area (Å²) in [5.74, 6) is 0.817. The lowest BCUT2D eigenvalue weighted by atomic mass is 10.1. The van der Waals surface area contributed by atoms with Crippen LogP contribution in [-0.4, -0.2) is 14.8 Å². The van der Waals surface area contributed by atoms with Crippen LogP contribution in [0, 0.1) is 18.6 Å². The SMILES string of the molecule is Cc1cc(C)cc(-n2c(-c3ccc(Br)cc3)n[nH]c2=S)c1. The van der Waals surface area contributed by atoms with Crippen LogP contribution in [0.25, 0.3) is 17.1 Å². The van der Waals surface area contributed by atoms with Gasteiger partial charge in [-0.2, -0.15) is 5.10 Å². The van der Waals surface area contributed by atoms with Gasteiger partial charge in [-0.3, -0.25) is 9.67 Å². The summed E-state index contributed by atoms with van der Waals surface area (Å²) in [7, 11) is 0. The normalized spacial score (nSPS) is 10.8. The third-order valence-corrected chi connectivity index (χ3v) is 4.04. The number of hydrogen-bond acceptors (Lipinski definition) is 2. The van der Waals surface area contributed by atoms with Crippen LogP contribution in [-0.2, 0) is 0 Å². The maximum absolute atomic E-state index is 5.40. The van der Waals surface area contributed by atoms with Crippen LogP contribution in [0.4, 0.5) is 0 Å². The van der Waals surface area contributed by atoms with Crippen LogP contribution in [0.5, 0.6) is 0 Å². The second-order valence-corrected chi connectivity index (χ2v) is 6.34. The summed E-state index contributed by atoms with van der Waals surface area (Å²) in [4.78, 5) is 0. The monoisotopic (exact) mass is 359 g/mol. The molecule has 0 spiro atoms. The minimum atomic E-state index is 0.595. The number of hydrogen-bond donors (Lipinski definition) is 1. The lowest BCUT2D eigenvalue weighted by Gasteiger charge is -2.09. The van der Waals surface area contributed by atoms with Gasteiger partial charge in [-0.1, -0.05) is 34.1 Å². The van der Waals surface area contributed by atoms with Gasteiger partial charge < -0.3 is 0 Å². The van der Waals surface area contributed by atoms with E-state index < -0.39 is 0 Å². The van der Waals surface area contributed by atoms with E-state index in [1.54, 1.807) is 0 Å². The topological polar surface area (TPSA) is 33.6 Å². The Hall–Kier alpha value is -1.72. The van der Waals surface area contributed by atoms with Crippen molar-refractivity contribution in [2.75, 3.05) is 0 Å². The number of rotatable bonds is 2. The molecular weight excluding hydrogens is 346 g/mol. The molecule has 5 heteroatoms. The first-order chi connectivity index (χ1) is 10.0. The number of H-pyrrole nitrogens is 1. The molecule has 3 aromatic rings. The summed E-state index contributed by atoms with van der Waals surface area (Å²) < 4.78 is 3.61. The molecule has 0 aliphatic rings. The van der Waals surface area contributed by atoms with Gasteiger partial charge in [0.25, 0.3) is 0 Å². The highest BCUT2D eigenvalue weighted by atomic mass is 79.9. The van der Waals surface area contributed by atoms with Gasteiger partial charge in [0, 0.05) is 10.0 Å². The predicted molar refractivity (Wildman–Crippen MR) is 91.4 cm³/mol. The molecule has 0 saturated carbocycles. The van der Waals surface area contributed by atoms with Gasteiger partial charge in [0.2, 0.25) is 0 Å². The molecule has 2 aromatic carbocycles. The van der Waals surface area contributed by atoms with E-state index in [9.17, 15) is 0 Å². The molecule has 0 atom stereocenters. The third kappa shape index (κ3) is 2.84. The zero-order valence-electron chi connectivity index (χ0n) is 11.7. The molecule has 0 unspecified atom stereocenters. The molecule has 0 radical (unpaired) electrons. The zero-order valence-corrected chi connectivity index (χ0v) is 14.1. The van der Waals surface area contributed by atoms with E-state index in [0.29, 0.717) is 4.77 Å². The van der Waals surface area contributed by atoms with E-state index in [1.165, 1.54) is 11.1 Å². The van der Waals surface area contributed by atoms with Gasteiger partial charge in [0.05, 0.1) is 5.69 Å². The van der Waals surface area contributed by atoms with Crippen molar-refractivity contribution < 1.29 is 0 Å². The highest BCUT2D eigenvalue weighted by Crippen LogP contribution is 2.24. The Labute approximate surface area is 136 Å². The van der Waals surface area contributed by atoms with E-state index in [2.05, 4.69) is 58.2 Å². The highest BCUT2D eigenvalue weighted by molar-refractivity contribution is 9.10. The van der Waals surface area contributed by atoms with Crippen LogP contribution in [0.3, 0.4) is 0 Å². The number of nitrogens with zero attached hydrogens (tertiary/aromatic N) is 2. The molecule has 1 aromatic heterocycles. The molecule has 1 N–H and O–H groups in total. The van der Waals surface area contributed by atoms with Crippen LogP contribution >= 0.6 is 28.1 Å². The summed E-state index contributed by atoms with van der Waals surface area (Å²) >= 11 is 8.85. The lowest BCUT2D eigenvalue weighted by Crippen LogP contribution is -1.99. The average Bonchev–Trinajstić information content (AvgIpc) is 2.80. The van der Waals surface area contributed by atoms with Crippen molar-refractivity contribution in [1.29, 1.82) is 0 Å². The van der Waals surface area contributed by atoms with Crippen molar-refractivity contribution >= 4 is 28.1 Å². The molecule has 21 heavy (non-hydrogen) atoms. The second-order valence-electron chi connectivity index (χ2n) is 5.04. The van der Waals surface area contributed by atoms with Crippen molar-refractivity contribution in [3.8, 4) is 17.1 Å². The Balaban J connectivity index is 2.21. The van der Waals surface area contributed by atoms with Crippen LogP contribution in [0.2, 0.25) is 0 Å². The zero-order chi connectivity index (χ0) is 15.0. The van der Waals surface area contributed by atoms with E-state index in [0.717, 1.165) is 21.5 Å². The molecule has 0 aliphatic heterocycles. The Bertz CT molecular complexity index is 826. The number of aryl methyl sites for hydroxylation is 2. The average molecular weight is 360 g/mol. The van der Waals surface area contributed by atoms with Gasteiger partial charge in [0.1, 0.15) is 0 Å². The standard InChI is InChI=1S/C16H14BrN3S/c1-10-7-11(2)9-14(8-10)20-15(18-19-16(20)21)12-3-5-13(17)6-4-12/h3-9H,1-2H3,(H,19,21). The fourth-order valence-electron chi connectivity index (χ4n) is 2.41. The van der Waals surface area contributed by atoms with Gasteiger partial charge in [-0.25, -0.2) is 0 Å². The smallest absolute Gasteiger partial charge is 0.200 e. The molecule has 3 rings (SSSR count). The summed E-state index contributed by atoms with van der Waals surface area (Å²) in [6.45, 7) is 4.17. The van der Waals surface area contributed by atoms with Crippen molar-refractivity contribution in [3.05, 3.63) is 62.8 Å². The first kappa shape index (κ1) is 14.2. The Morgan fingerprint density at radius 1 is 1.05 bits per heavy atom. The fraction of sp³-hybridized carbons (Fsp3) is 0.125. The van der Waals surface area contributed by atoms with E-state index in [4.69, 9.17) is 12.2 Å². The quantitative estimate of drug-likeness (QED) is 0.654. The fourth-order valence-corrected chi connectivity index (χ4v) is 2.91. The van der Waals surface area contributed by atoms with Crippen molar-refractivity contribution in [2.45, 2.75) is 13.8 Å². The largest absolute Gasteiger partial charge is 0.268 e. The number of halogens is 1. The molecule has 0 saturated heterocycles. The Morgan fingerprint density at radius 3 is 2.29 bits per heavy atom. The molecule has 1 heterocycles. The molecule has 106 valence electrons. The molecule has 3 nitrogen and oxygen atoms in total. The number of benzene rings is 2. The van der Waals surface area contributed by atoms with Gasteiger partial charge in [-0.05, 0) is 61.5 Å². The molecule has 0 fully saturated rings. The summed E-state index contributed by atoms with van der Waals surface area (Å²) in [6, 6.07) is 14.4.